The SMILES string of the molecule is O=C(CC1CC1)NCc1cccc(C#CCO)c1. The monoisotopic (exact) mass is 243 g/mol. The molecule has 1 aromatic rings. The van der Waals surface area contributed by atoms with Gasteiger partial charge in [-0.25, -0.2) is 0 Å². The molecule has 0 unspecified atom stereocenters. The fourth-order valence-electron chi connectivity index (χ4n) is 1.76. The molecule has 0 atom stereocenters. The van der Waals surface area contributed by atoms with E-state index in [1.165, 1.54) is 12.8 Å². The predicted octanol–water partition coefficient (Wildman–Crippen LogP) is 1.45. The van der Waals surface area contributed by atoms with Crippen molar-refractivity contribution in [1.29, 1.82) is 0 Å². The number of carbonyl (C=O) groups excluding carboxylic acids is 1. The van der Waals surface area contributed by atoms with Crippen molar-refractivity contribution in [2.75, 3.05) is 6.61 Å². The Morgan fingerprint density at radius 2 is 2.28 bits per heavy atom. The molecule has 1 saturated carbocycles. The maximum Gasteiger partial charge on any atom is 0.220 e. The third kappa shape index (κ3) is 4.23. The zero-order valence-electron chi connectivity index (χ0n) is 10.3. The second-order valence-corrected chi connectivity index (χ2v) is 4.58. The topological polar surface area (TPSA) is 49.3 Å². The number of aliphatic hydroxyl groups is 1. The number of carbonyl (C=O) groups is 1. The van der Waals surface area contributed by atoms with E-state index in [-0.39, 0.29) is 12.5 Å². The lowest BCUT2D eigenvalue weighted by Crippen LogP contribution is -2.22. The summed E-state index contributed by atoms with van der Waals surface area (Å²) in [6, 6.07) is 7.68. The van der Waals surface area contributed by atoms with Gasteiger partial charge in [-0.3, -0.25) is 4.79 Å². The van der Waals surface area contributed by atoms with Crippen LogP contribution in [0.5, 0.6) is 0 Å². The molecule has 1 amide bonds. The lowest BCUT2D eigenvalue weighted by molar-refractivity contribution is -0.121. The van der Waals surface area contributed by atoms with Crippen LogP contribution in [0, 0.1) is 17.8 Å². The van der Waals surface area contributed by atoms with E-state index in [0.717, 1.165) is 11.1 Å². The molecule has 18 heavy (non-hydrogen) atoms. The first-order valence-corrected chi connectivity index (χ1v) is 6.23. The van der Waals surface area contributed by atoms with E-state index in [0.29, 0.717) is 18.9 Å². The van der Waals surface area contributed by atoms with Gasteiger partial charge in [0, 0.05) is 18.5 Å². The summed E-state index contributed by atoms with van der Waals surface area (Å²) in [5, 5.41) is 11.5. The number of rotatable bonds is 4. The van der Waals surface area contributed by atoms with E-state index < -0.39 is 0 Å². The third-order valence-corrected chi connectivity index (χ3v) is 2.90. The minimum Gasteiger partial charge on any atom is -0.384 e. The normalized spacial score (nSPS) is 13.6. The van der Waals surface area contributed by atoms with Crippen molar-refractivity contribution in [3.05, 3.63) is 35.4 Å². The minimum absolute atomic E-state index is 0.129. The van der Waals surface area contributed by atoms with Gasteiger partial charge >= 0.3 is 0 Å². The summed E-state index contributed by atoms with van der Waals surface area (Å²) in [4.78, 5) is 11.6. The Bertz CT molecular complexity index is 481. The molecule has 0 aliphatic heterocycles. The van der Waals surface area contributed by atoms with Crippen LogP contribution in [-0.2, 0) is 11.3 Å². The summed E-state index contributed by atoms with van der Waals surface area (Å²) in [5.74, 6) is 6.21. The van der Waals surface area contributed by atoms with E-state index in [1.54, 1.807) is 0 Å². The lowest BCUT2D eigenvalue weighted by atomic mass is 10.1. The van der Waals surface area contributed by atoms with Crippen molar-refractivity contribution in [2.24, 2.45) is 5.92 Å². The Morgan fingerprint density at radius 3 is 3.00 bits per heavy atom. The average Bonchev–Trinajstić information content (AvgIpc) is 3.18. The number of amides is 1. The van der Waals surface area contributed by atoms with Crippen LogP contribution in [0.4, 0.5) is 0 Å². The first-order chi connectivity index (χ1) is 8.78. The first-order valence-electron chi connectivity index (χ1n) is 6.23. The maximum atomic E-state index is 11.6. The van der Waals surface area contributed by atoms with Gasteiger partial charge < -0.3 is 10.4 Å². The number of hydrogen-bond acceptors (Lipinski definition) is 2. The fraction of sp³-hybridized carbons (Fsp3) is 0.400. The van der Waals surface area contributed by atoms with Gasteiger partial charge in [-0.1, -0.05) is 24.0 Å². The predicted molar refractivity (Wildman–Crippen MR) is 69.6 cm³/mol. The zero-order chi connectivity index (χ0) is 12.8. The van der Waals surface area contributed by atoms with Gasteiger partial charge in [0.25, 0.3) is 0 Å². The zero-order valence-corrected chi connectivity index (χ0v) is 10.3. The molecule has 1 aromatic carbocycles. The largest absolute Gasteiger partial charge is 0.384 e. The highest BCUT2D eigenvalue weighted by molar-refractivity contribution is 5.76. The minimum atomic E-state index is -0.137. The average molecular weight is 243 g/mol. The number of benzene rings is 1. The van der Waals surface area contributed by atoms with Gasteiger partial charge in [-0.05, 0) is 36.5 Å². The van der Waals surface area contributed by atoms with Gasteiger partial charge in [0.2, 0.25) is 5.91 Å². The summed E-state index contributed by atoms with van der Waals surface area (Å²) in [6.07, 6.45) is 3.04. The molecule has 0 radical (unpaired) electrons. The standard InChI is InChI=1S/C15H17NO2/c17-8-2-5-12-3-1-4-14(9-12)11-16-15(18)10-13-6-7-13/h1,3-4,9,13,17H,6-8,10-11H2,(H,16,18). The van der Waals surface area contributed by atoms with E-state index in [9.17, 15) is 4.79 Å². The highest BCUT2D eigenvalue weighted by Gasteiger charge is 2.23. The quantitative estimate of drug-likeness (QED) is 0.786. The van der Waals surface area contributed by atoms with Crippen molar-refractivity contribution in [3.8, 4) is 11.8 Å². The van der Waals surface area contributed by atoms with E-state index in [1.807, 2.05) is 24.3 Å². The molecule has 1 fully saturated rings. The Kier molecular flexibility index (Phi) is 4.38. The fourth-order valence-corrected chi connectivity index (χ4v) is 1.76. The Morgan fingerprint density at radius 1 is 1.44 bits per heavy atom. The highest BCUT2D eigenvalue weighted by atomic mass is 16.2. The van der Waals surface area contributed by atoms with Crippen molar-refractivity contribution < 1.29 is 9.90 Å². The molecule has 0 spiro atoms. The van der Waals surface area contributed by atoms with Gasteiger partial charge in [0.1, 0.15) is 6.61 Å². The van der Waals surface area contributed by atoms with Crippen molar-refractivity contribution >= 4 is 5.91 Å². The van der Waals surface area contributed by atoms with Crippen LogP contribution in [0.25, 0.3) is 0 Å². The van der Waals surface area contributed by atoms with Crippen LogP contribution in [0.15, 0.2) is 24.3 Å². The summed E-state index contributed by atoms with van der Waals surface area (Å²) >= 11 is 0. The molecule has 2 rings (SSSR count). The third-order valence-electron chi connectivity index (χ3n) is 2.90. The van der Waals surface area contributed by atoms with E-state index in [4.69, 9.17) is 5.11 Å². The van der Waals surface area contributed by atoms with Crippen LogP contribution in [0.2, 0.25) is 0 Å². The summed E-state index contributed by atoms with van der Waals surface area (Å²) in [7, 11) is 0. The molecule has 0 bridgehead atoms. The van der Waals surface area contributed by atoms with Crippen LogP contribution < -0.4 is 5.32 Å². The van der Waals surface area contributed by atoms with Gasteiger partial charge in [0.05, 0.1) is 0 Å². The molecule has 1 aliphatic carbocycles. The molecule has 0 heterocycles. The lowest BCUT2D eigenvalue weighted by Gasteiger charge is -2.05. The molecule has 1 aliphatic rings. The number of hydrogen-bond donors (Lipinski definition) is 2. The van der Waals surface area contributed by atoms with Gasteiger partial charge in [-0.15, -0.1) is 0 Å². The maximum absolute atomic E-state index is 11.6. The van der Waals surface area contributed by atoms with E-state index >= 15 is 0 Å². The van der Waals surface area contributed by atoms with Crippen LogP contribution in [0.1, 0.15) is 30.4 Å². The summed E-state index contributed by atoms with van der Waals surface area (Å²) in [5.41, 5.74) is 1.89. The second kappa shape index (κ2) is 6.23. The summed E-state index contributed by atoms with van der Waals surface area (Å²) in [6.45, 7) is 0.405. The molecule has 3 heteroatoms. The van der Waals surface area contributed by atoms with Crippen LogP contribution in [-0.4, -0.2) is 17.6 Å². The number of aliphatic hydroxyl groups excluding tert-OH is 1. The Balaban J connectivity index is 1.86. The van der Waals surface area contributed by atoms with Crippen LogP contribution in [0.3, 0.4) is 0 Å². The molecule has 94 valence electrons. The van der Waals surface area contributed by atoms with Crippen molar-refractivity contribution in [1.82, 2.24) is 5.32 Å². The molecule has 2 N–H and O–H groups in total. The Hall–Kier alpha value is -1.79. The van der Waals surface area contributed by atoms with Crippen LogP contribution >= 0.6 is 0 Å². The van der Waals surface area contributed by atoms with Crippen molar-refractivity contribution in [2.45, 2.75) is 25.8 Å². The molecule has 3 nitrogen and oxygen atoms in total. The highest BCUT2D eigenvalue weighted by Crippen LogP contribution is 2.32. The first kappa shape index (κ1) is 12.7. The molecule has 0 saturated heterocycles. The molecular formula is C15H17NO2. The second-order valence-electron chi connectivity index (χ2n) is 4.58. The van der Waals surface area contributed by atoms with E-state index in [2.05, 4.69) is 17.2 Å². The summed E-state index contributed by atoms with van der Waals surface area (Å²) < 4.78 is 0. The number of nitrogens with one attached hydrogen (secondary N) is 1. The molecular weight excluding hydrogens is 226 g/mol. The van der Waals surface area contributed by atoms with Crippen molar-refractivity contribution in [3.63, 3.8) is 0 Å². The Labute approximate surface area is 107 Å². The van der Waals surface area contributed by atoms with Gasteiger partial charge in [-0.2, -0.15) is 0 Å². The van der Waals surface area contributed by atoms with Gasteiger partial charge in [0.15, 0.2) is 0 Å². The smallest absolute Gasteiger partial charge is 0.220 e. The molecule has 0 aromatic heterocycles.